The molecule has 0 unspecified atom stereocenters. The first-order valence-corrected chi connectivity index (χ1v) is 5.97. The summed E-state index contributed by atoms with van der Waals surface area (Å²) in [5.41, 5.74) is 2.84. The number of aromatic nitrogens is 2. The molecule has 0 aromatic carbocycles. The number of alkyl halides is 1. The molecule has 0 N–H and O–H groups in total. The average molecular weight is 279 g/mol. The minimum Gasteiger partial charge on any atom is -0.494 e. The number of hydrogen-bond donors (Lipinski definition) is 0. The normalized spacial score (nSPS) is 10.1. The maximum absolute atomic E-state index is 5.30. The minimum atomic E-state index is 0.731. The predicted molar refractivity (Wildman–Crippen MR) is 66.7 cm³/mol. The van der Waals surface area contributed by atoms with Gasteiger partial charge in [-0.15, -0.1) is 0 Å². The monoisotopic (exact) mass is 278 g/mol. The molecule has 16 heavy (non-hydrogen) atoms. The van der Waals surface area contributed by atoms with Gasteiger partial charge in [0.15, 0.2) is 0 Å². The van der Waals surface area contributed by atoms with Crippen LogP contribution >= 0.6 is 15.9 Å². The lowest BCUT2D eigenvalue weighted by molar-refractivity contribution is 0.414. The van der Waals surface area contributed by atoms with E-state index in [0.717, 1.165) is 28.0 Å². The van der Waals surface area contributed by atoms with Gasteiger partial charge in [0, 0.05) is 23.3 Å². The Hall–Kier alpha value is -1.42. The second-order valence-corrected chi connectivity index (χ2v) is 3.78. The largest absolute Gasteiger partial charge is 0.494 e. The Bertz CT molecular complexity index is 474. The molecule has 4 heteroatoms. The van der Waals surface area contributed by atoms with Crippen molar-refractivity contribution in [2.24, 2.45) is 0 Å². The van der Waals surface area contributed by atoms with Crippen LogP contribution in [0.1, 0.15) is 5.69 Å². The fraction of sp³-hybridized carbons (Fsp3) is 0.167. The SMILES string of the molecule is COc1ccc(CBr)nc1-c1ccncc1. The maximum atomic E-state index is 5.30. The summed E-state index contributed by atoms with van der Waals surface area (Å²) in [4.78, 5) is 8.52. The van der Waals surface area contributed by atoms with E-state index in [1.165, 1.54) is 0 Å². The molecule has 2 aromatic heterocycles. The first-order chi connectivity index (χ1) is 7.85. The van der Waals surface area contributed by atoms with E-state index in [2.05, 4.69) is 25.9 Å². The maximum Gasteiger partial charge on any atom is 0.145 e. The predicted octanol–water partition coefficient (Wildman–Crippen LogP) is 3.05. The molecule has 82 valence electrons. The Balaban J connectivity index is 2.53. The van der Waals surface area contributed by atoms with Crippen molar-refractivity contribution in [3.63, 3.8) is 0 Å². The van der Waals surface area contributed by atoms with Crippen LogP contribution in [0.5, 0.6) is 5.75 Å². The summed E-state index contributed by atoms with van der Waals surface area (Å²) in [6, 6.07) is 7.71. The van der Waals surface area contributed by atoms with Gasteiger partial charge in [0.25, 0.3) is 0 Å². The number of rotatable bonds is 3. The van der Waals surface area contributed by atoms with Crippen LogP contribution in [0.15, 0.2) is 36.7 Å². The zero-order chi connectivity index (χ0) is 11.4. The highest BCUT2D eigenvalue weighted by atomic mass is 79.9. The van der Waals surface area contributed by atoms with Gasteiger partial charge in [-0.3, -0.25) is 4.98 Å². The lowest BCUT2D eigenvalue weighted by Gasteiger charge is -2.08. The third kappa shape index (κ3) is 2.22. The van der Waals surface area contributed by atoms with Crippen molar-refractivity contribution in [3.8, 4) is 17.0 Å². The topological polar surface area (TPSA) is 35.0 Å². The Morgan fingerprint density at radius 1 is 1.19 bits per heavy atom. The third-order valence-electron chi connectivity index (χ3n) is 2.23. The van der Waals surface area contributed by atoms with Crippen LogP contribution in [0.25, 0.3) is 11.3 Å². The van der Waals surface area contributed by atoms with Crippen molar-refractivity contribution in [1.82, 2.24) is 9.97 Å². The molecule has 0 aliphatic carbocycles. The van der Waals surface area contributed by atoms with E-state index in [1.807, 2.05) is 24.3 Å². The summed E-state index contributed by atoms with van der Waals surface area (Å²) in [7, 11) is 1.65. The minimum absolute atomic E-state index is 0.731. The average Bonchev–Trinajstić information content (AvgIpc) is 2.39. The third-order valence-corrected chi connectivity index (χ3v) is 2.80. The fourth-order valence-corrected chi connectivity index (χ4v) is 1.75. The number of ether oxygens (including phenoxy) is 1. The number of hydrogen-bond acceptors (Lipinski definition) is 3. The van der Waals surface area contributed by atoms with E-state index in [-0.39, 0.29) is 0 Å². The first kappa shape index (κ1) is 11.1. The van der Waals surface area contributed by atoms with Crippen molar-refractivity contribution < 1.29 is 4.74 Å². The van der Waals surface area contributed by atoms with Crippen LogP contribution in [0.4, 0.5) is 0 Å². The highest BCUT2D eigenvalue weighted by molar-refractivity contribution is 9.08. The van der Waals surface area contributed by atoms with Gasteiger partial charge < -0.3 is 4.74 Å². The van der Waals surface area contributed by atoms with E-state index in [9.17, 15) is 0 Å². The van der Waals surface area contributed by atoms with Gasteiger partial charge in [-0.2, -0.15) is 0 Å². The Kier molecular flexibility index (Phi) is 3.51. The standard InChI is InChI=1S/C12H11BrN2O/c1-16-11-3-2-10(8-13)15-12(11)9-4-6-14-7-5-9/h2-7H,8H2,1H3. The molecule has 0 atom stereocenters. The molecule has 0 amide bonds. The smallest absolute Gasteiger partial charge is 0.145 e. The summed E-state index contributed by atoms with van der Waals surface area (Å²) in [5.74, 6) is 0.774. The van der Waals surface area contributed by atoms with Gasteiger partial charge in [-0.25, -0.2) is 4.98 Å². The second kappa shape index (κ2) is 5.07. The molecule has 0 aliphatic rings. The summed E-state index contributed by atoms with van der Waals surface area (Å²) in [5, 5.41) is 0.731. The summed E-state index contributed by atoms with van der Waals surface area (Å²) in [6.45, 7) is 0. The fourth-order valence-electron chi connectivity index (χ4n) is 1.44. The van der Waals surface area contributed by atoms with Gasteiger partial charge in [-0.05, 0) is 24.3 Å². The molecule has 0 bridgehead atoms. The zero-order valence-corrected chi connectivity index (χ0v) is 10.4. The van der Waals surface area contributed by atoms with Crippen LogP contribution in [-0.2, 0) is 5.33 Å². The molecule has 3 nitrogen and oxygen atoms in total. The second-order valence-electron chi connectivity index (χ2n) is 3.22. The Labute approximate surface area is 103 Å². The van der Waals surface area contributed by atoms with Crippen LogP contribution in [0, 0.1) is 0 Å². The molecule has 0 saturated carbocycles. The highest BCUT2D eigenvalue weighted by Gasteiger charge is 2.08. The number of methoxy groups -OCH3 is 1. The van der Waals surface area contributed by atoms with Crippen molar-refractivity contribution in [1.29, 1.82) is 0 Å². The molecule has 0 saturated heterocycles. The van der Waals surface area contributed by atoms with E-state index < -0.39 is 0 Å². The lowest BCUT2D eigenvalue weighted by Crippen LogP contribution is -1.94. The zero-order valence-electron chi connectivity index (χ0n) is 8.85. The number of nitrogens with zero attached hydrogens (tertiary/aromatic N) is 2. The van der Waals surface area contributed by atoms with Crippen molar-refractivity contribution in [3.05, 3.63) is 42.4 Å². The molecular weight excluding hydrogens is 268 g/mol. The molecule has 0 radical (unpaired) electrons. The molecule has 2 rings (SSSR count). The molecule has 0 fully saturated rings. The summed E-state index contributed by atoms with van der Waals surface area (Å²) in [6.07, 6.45) is 3.49. The molecule has 2 aromatic rings. The Morgan fingerprint density at radius 2 is 1.94 bits per heavy atom. The van der Waals surface area contributed by atoms with Crippen molar-refractivity contribution in [2.45, 2.75) is 5.33 Å². The quantitative estimate of drug-likeness (QED) is 0.810. The van der Waals surface area contributed by atoms with E-state index in [1.54, 1.807) is 19.5 Å². The van der Waals surface area contributed by atoms with Crippen LogP contribution in [0.2, 0.25) is 0 Å². The highest BCUT2D eigenvalue weighted by Crippen LogP contribution is 2.27. The first-order valence-electron chi connectivity index (χ1n) is 4.85. The van der Waals surface area contributed by atoms with Gasteiger partial charge in [0.05, 0.1) is 12.8 Å². The van der Waals surface area contributed by atoms with Gasteiger partial charge in [0.2, 0.25) is 0 Å². The van der Waals surface area contributed by atoms with E-state index in [4.69, 9.17) is 4.74 Å². The van der Waals surface area contributed by atoms with E-state index in [0.29, 0.717) is 0 Å². The van der Waals surface area contributed by atoms with E-state index >= 15 is 0 Å². The number of halogens is 1. The van der Waals surface area contributed by atoms with Gasteiger partial charge in [0.1, 0.15) is 11.4 Å². The summed E-state index contributed by atoms with van der Waals surface area (Å²) >= 11 is 3.40. The van der Waals surface area contributed by atoms with Gasteiger partial charge >= 0.3 is 0 Å². The van der Waals surface area contributed by atoms with Crippen LogP contribution in [0.3, 0.4) is 0 Å². The summed E-state index contributed by atoms with van der Waals surface area (Å²) < 4.78 is 5.30. The molecule has 0 aliphatic heterocycles. The van der Waals surface area contributed by atoms with Gasteiger partial charge in [-0.1, -0.05) is 15.9 Å². The number of pyridine rings is 2. The Morgan fingerprint density at radius 3 is 2.56 bits per heavy atom. The molecule has 0 spiro atoms. The molecule has 2 heterocycles. The van der Waals surface area contributed by atoms with Crippen molar-refractivity contribution in [2.75, 3.05) is 7.11 Å². The van der Waals surface area contributed by atoms with Crippen molar-refractivity contribution >= 4 is 15.9 Å². The van der Waals surface area contributed by atoms with Crippen LogP contribution in [-0.4, -0.2) is 17.1 Å². The molecular formula is C12H11BrN2O. The lowest BCUT2D eigenvalue weighted by atomic mass is 10.1. The van der Waals surface area contributed by atoms with Crippen LogP contribution < -0.4 is 4.74 Å².